The Hall–Kier alpha value is -5.06. The standard InChI is InChI=1S/C49H63ClN4O16S/c1-27-8-7-9-36(65-6)49(63)25-34(67-47(62)51-49)28(2)44-48(3,69-44)37(24-40(57)52(4)32-21-30(20-27)22-33(64-5)43(32)50)68-42(59)16-17-66-18-19-71-35-23-41(58)53(45(35)60)26-29-10-12-31(13-11-29)46(61)70-54-38(55)14-15-39(54)56/h7-9,21-22,28-29,31,34-37,44,63H,10-20,23-26H2,1-6H3,(H,51,62)/b9-7+,27-8+/t28-,29?,31?,34+,35?,36-,37+,44+,48+,49+/m1/s1. The number of thioether (sulfide) groups is 1. The number of imide groups is 2. The van der Waals surface area contributed by atoms with E-state index < -0.39 is 88.6 Å². The number of likely N-dealkylation sites (tertiary alicyclic amines) is 1. The number of halogens is 1. The van der Waals surface area contributed by atoms with Crippen LogP contribution in [0.4, 0.5) is 10.5 Å². The molecule has 1 aliphatic carbocycles. The van der Waals surface area contributed by atoms with E-state index in [0.717, 1.165) is 11.1 Å². The van der Waals surface area contributed by atoms with Gasteiger partial charge in [-0.05, 0) is 69.6 Å². The number of rotatable bonds is 14. The van der Waals surface area contributed by atoms with Crippen molar-refractivity contribution >= 4 is 76.6 Å². The van der Waals surface area contributed by atoms with Crippen molar-refractivity contribution in [1.29, 1.82) is 0 Å². The van der Waals surface area contributed by atoms with Gasteiger partial charge >= 0.3 is 18.0 Å². The summed E-state index contributed by atoms with van der Waals surface area (Å²) in [7, 11) is 4.46. The Morgan fingerprint density at radius 1 is 0.986 bits per heavy atom. The maximum absolute atomic E-state index is 14.2. The summed E-state index contributed by atoms with van der Waals surface area (Å²) in [6, 6.07) is 3.56. The lowest BCUT2D eigenvalue weighted by Gasteiger charge is -2.42. The first-order valence-corrected chi connectivity index (χ1v) is 25.4. The number of allylic oxidation sites excluding steroid dienone is 3. The molecular formula is C49H63ClN4O16S. The summed E-state index contributed by atoms with van der Waals surface area (Å²) in [4.78, 5) is 111. The average Bonchev–Trinajstić information content (AvgIpc) is 3.84. The van der Waals surface area contributed by atoms with Crippen molar-refractivity contribution in [3.63, 3.8) is 0 Å². The van der Waals surface area contributed by atoms with Crippen molar-refractivity contribution in [2.75, 3.05) is 51.7 Å². The van der Waals surface area contributed by atoms with Gasteiger partial charge in [0.1, 0.15) is 34.7 Å². The number of benzene rings is 1. The van der Waals surface area contributed by atoms with Crippen LogP contribution in [0.25, 0.3) is 0 Å². The molecule has 20 nitrogen and oxygen atoms in total. The zero-order valence-electron chi connectivity index (χ0n) is 40.8. The smallest absolute Gasteiger partial charge is 0.409 e. The molecule has 4 bridgehead atoms. The van der Waals surface area contributed by atoms with Crippen molar-refractivity contribution < 1.29 is 76.7 Å². The SMILES string of the molecule is COc1cc2cc(c1Cl)N(C)C(=O)C[C@H](OC(=O)CCOCCSC1CC(=O)N(CC3CCC(C(=O)ON4C(=O)CCC4=O)CC3)C1=O)[C@]1(C)O[C@H]1[C@H](C)[C@@H]1C[C@@](O)(NC(=O)O1)[C@H](OC)/C=C/C=C(\C)C2. The Morgan fingerprint density at radius 2 is 1.70 bits per heavy atom. The van der Waals surface area contributed by atoms with Crippen molar-refractivity contribution in [3.05, 3.63) is 46.5 Å². The van der Waals surface area contributed by atoms with Gasteiger partial charge in [0.05, 0.1) is 56.1 Å². The summed E-state index contributed by atoms with van der Waals surface area (Å²) in [5.74, 6) is -3.72. The summed E-state index contributed by atoms with van der Waals surface area (Å²) in [6.07, 6.45) is 2.66. The predicted octanol–water partition coefficient (Wildman–Crippen LogP) is 4.35. The van der Waals surface area contributed by atoms with Crippen LogP contribution in [-0.4, -0.2) is 150 Å². The highest BCUT2D eigenvalue weighted by Crippen LogP contribution is 2.49. The molecule has 1 aromatic carbocycles. The van der Waals surface area contributed by atoms with E-state index in [4.69, 9.17) is 44.9 Å². The molecule has 1 aromatic rings. The van der Waals surface area contributed by atoms with Gasteiger partial charge in [-0.15, -0.1) is 16.8 Å². The Kier molecular flexibility index (Phi) is 17.2. The molecule has 4 saturated heterocycles. The number of alkyl carbamates (subject to hydrolysis) is 1. The van der Waals surface area contributed by atoms with Gasteiger partial charge in [-0.2, -0.15) is 0 Å². The molecule has 6 amide bonds. The summed E-state index contributed by atoms with van der Waals surface area (Å²) >= 11 is 8.07. The predicted molar refractivity (Wildman–Crippen MR) is 254 cm³/mol. The molecular weight excluding hydrogens is 968 g/mol. The molecule has 22 heteroatoms. The van der Waals surface area contributed by atoms with Gasteiger partial charge in [0.15, 0.2) is 5.72 Å². The molecule has 1 saturated carbocycles. The Balaban J connectivity index is 0.935. The number of aliphatic hydroxyl groups is 1. The minimum absolute atomic E-state index is 0.00589. The fourth-order valence-corrected chi connectivity index (χ4v) is 11.3. The highest BCUT2D eigenvalue weighted by atomic mass is 35.5. The number of anilines is 1. The number of fused-ring (bicyclic) bond motifs is 5. The average molecular weight is 1030 g/mol. The van der Waals surface area contributed by atoms with Crippen LogP contribution >= 0.6 is 23.4 Å². The van der Waals surface area contributed by atoms with E-state index >= 15 is 0 Å². The molecule has 5 heterocycles. The zero-order chi connectivity index (χ0) is 51.4. The second-order valence-corrected chi connectivity index (χ2v) is 20.9. The lowest BCUT2D eigenvalue weighted by Crippen LogP contribution is -2.63. The lowest BCUT2D eigenvalue weighted by molar-refractivity contribution is -0.201. The molecule has 1 unspecified atom stereocenters. The number of carbonyl (C=O) groups is 8. The topological polar surface area (TPSA) is 246 Å². The molecule has 5 fully saturated rings. The fourth-order valence-electron chi connectivity index (χ4n) is 9.97. The van der Waals surface area contributed by atoms with Crippen LogP contribution in [0.5, 0.6) is 5.75 Å². The highest BCUT2D eigenvalue weighted by Gasteiger charge is 2.64. The number of epoxide rings is 1. The van der Waals surface area contributed by atoms with E-state index in [1.165, 1.54) is 35.8 Å². The minimum Gasteiger partial charge on any atom is -0.495 e. The number of methoxy groups -OCH3 is 2. The van der Waals surface area contributed by atoms with E-state index in [1.54, 1.807) is 45.2 Å². The van der Waals surface area contributed by atoms with Crippen LogP contribution in [0, 0.1) is 17.8 Å². The summed E-state index contributed by atoms with van der Waals surface area (Å²) in [5, 5.41) is 14.5. The quantitative estimate of drug-likeness (QED) is 0.114. The Labute approximate surface area is 421 Å². The normalized spacial score (nSPS) is 32.7. The molecule has 0 aromatic heterocycles. The van der Waals surface area contributed by atoms with Crippen LogP contribution in [0.3, 0.4) is 0 Å². The summed E-state index contributed by atoms with van der Waals surface area (Å²) in [5.41, 5.74) is -1.01. The Morgan fingerprint density at radius 3 is 2.39 bits per heavy atom. The van der Waals surface area contributed by atoms with Gasteiger partial charge in [-0.3, -0.25) is 39.0 Å². The van der Waals surface area contributed by atoms with Crippen molar-refractivity contribution in [2.24, 2.45) is 17.8 Å². The van der Waals surface area contributed by atoms with Crippen LogP contribution in [-0.2, 0) is 68.5 Å². The number of hydrogen-bond donors (Lipinski definition) is 2. The first-order chi connectivity index (χ1) is 33.7. The molecule has 2 N–H and O–H groups in total. The van der Waals surface area contributed by atoms with Gasteiger partial charge in [-0.1, -0.05) is 42.3 Å². The molecule has 6 aliphatic rings. The van der Waals surface area contributed by atoms with Crippen molar-refractivity contribution in [1.82, 2.24) is 15.3 Å². The van der Waals surface area contributed by atoms with Gasteiger partial charge in [-0.25, -0.2) is 9.59 Å². The number of amides is 6. The second kappa shape index (κ2) is 22.8. The number of carbonyl (C=O) groups excluding carboxylic acids is 8. The number of nitrogens with one attached hydrogen (secondary N) is 1. The molecule has 388 valence electrons. The highest BCUT2D eigenvalue weighted by molar-refractivity contribution is 8.00. The third-order valence-corrected chi connectivity index (χ3v) is 15.8. The minimum atomic E-state index is -1.85. The van der Waals surface area contributed by atoms with Crippen LogP contribution in [0.15, 0.2) is 35.9 Å². The fraction of sp³-hybridized carbons (Fsp3) is 0.633. The molecule has 0 radical (unpaired) electrons. The zero-order valence-corrected chi connectivity index (χ0v) is 42.4. The van der Waals surface area contributed by atoms with Crippen LogP contribution in [0.2, 0.25) is 5.02 Å². The van der Waals surface area contributed by atoms with E-state index in [-0.39, 0.29) is 81.0 Å². The molecule has 8 atom stereocenters. The maximum Gasteiger partial charge on any atom is 0.409 e. The molecule has 5 aliphatic heterocycles. The van der Waals surface area contributed by atoms with E-state index in [2.05, 4.69) is 5.32 Å². The number of hydroxylamine groups is 2. The monoisotopic (exact) mass is 1030 g/mol. The largest absolute Gasteiger partial charge is 0.495 e. The molecule has 71 heavy (non-hydrogen) atoms. The van der Waals surface area contributed by atoms with Gasteiger partial charge in [0.2, 0.25) is 17.7 Å². The maximum atomic E-state index is 14.2. The van der Waals surface area contributed by atoms with Gasteiger partial charge < -0.3 is 43.3 Å². The van der Waals surface area contributed by atoms with Crippen LogP contribution < -0.4 is 15.0 Å². The summed E-state index contributed by atoms with van der Waals surface area (Å²) in [6.45, 7) is 5.76. The van der Waals surface area contributed by atoms with E-state index in [0.29, 0.717) is 54.4 Å². The first kappa shape index (κ1) is 53.7. The second-order valence-electron chi connectivity index (χ2n) is 19.3. The third kappa shape index (κ3) is 12.4. The molecule has 0 spiro atoms. The third-order valence-electron chi connectivity index (χ3n) is 14.2. The van der Waals surface area contributed by atoms with Crippen LogP contribution in [0.1, 0.15) is 90.5 Å². The van der Waals surface area contributed by atoms with Gasteiger partial charge in [0, 0.05) is 58.1 Å². The van der Waals surface area contributed by atoms with E-state index in [1.807, 2.05) is 13.0 Å². The van der Waals surface area contributed by atoms with Crippen molar-refractivity contribution in [3.8, 4) is 5.75 Å². The van der Waals surface area contributed by atoms with E-state index in [9.17, 15) is 43.5 Å². The number of hydrogen-bond acceptors (Lipinski definition) is 17. The first-order valence-electron chi connectivity index (χ1n) is 23.9. The lowest BCUT2D eigenvalue weighted by atomic mass is 9.82. The number of esters is 1. The number of ether oxygens (including phenoxy) is 6. The van der Waals surface area contributed by atoms with Crippen molar-refractivity contribution in [2.45, 2.75) is 132 Å². The Bertz CT molecular complexity index is 2310. The van der Waals surface area contributed by atoms with Gasteiger partial charge in [0.25, 0.3) is 11.8 Å². The number of nitrogens with zero attached hydrogens (tertiary/aromatic N) is 3. The summed E-state index contributed by atoms with van der Waals surface area (Å²) < 4.78 is 35.0. The molecule has 7 rings (SSSR count).